The van der Waals surface area contributed by atoms with Crippen LogP contribution in [-0.2, 0) is 5.54 Å². The molecule has 130 valence electrons. The number of rotatable bonds is 5. The lowest BCUT2D eigenvalue weighted by Crippen LogP contribution is -2.45. The summed E-state index contributed by atoms with van der Waals surface area (Å²) in [4.78, 5) is 0. The maximum Gasteiger partial charge on any atom is 0.0482 e. The second-order valence-electron chi connectivity index (χ2n) is 8.87. The summed E-state index contributed by atoms with van der Waals surface area (Å²) in [5.41, 5.74) is 8.58. The zero-order valence-electron chi connectivity index (χ0n) is 15.4. The molecular formula is C20H32ClNO. The van der Waals surface area contributed by atoms with Crippen molar-refractivity contribution < 1.29 is 5.11 Å². The van der Waals surface area contributed by atoms with E-state index in [1.807, 2.05) is 13.0 Å². The van der Waals surface area contributed by atoms with E-state index in [0.717, 1.165) is 10.6 Å². The molecule has 3 heteroatoms. The SMILES string of the molecule is CC(C)C(CO)[C@@](C)(N)c1ccc([C@@H]2C[C@H]2C(C)(C)C)c(Cl)c1. The highest BCUT2D eigenvalue weighted by Gasteiger charge is 2.46. The van der Waals surface area contributed by atoms with E-state index in [4.69, 9.17) is 17.3 Å². The van der Waals surface area contributed by atoms with Gasteiger partial charge in [-0.1, -0.05) is 58.4 Å². The maximum atomic E-state index is 9.73. The Bertz CT molecular complexity index is 559. The molecule has 0 heterocycles. The van der Waals surface area contributed by atoms with Crippen molar-refractivity contribution >= 4 is 11.6 Å². The van der Waals surface area contributed by atoms with Gasteiger partial charge in [-0.05, 0) is 53.7 Å². The third kappa shape index (κ3) is 3.75. The van der Waals surface area contributed by atoms with Crippen molar-refractivity contribution in [3.8, 4) is 0 Å². The van der Waals surface area contributed by atoms with Crippen molar-refractivity contribution in [1.82, 2.24) is 0 Å². The van der Waals surface area contributed by atoms with Gasteiger partial charge in [0.05, 0.1) is 0 Å². The lowest BCUT2D eigenvalue weighted by molar-refractivity contribution is 0.120. The van der Waals surface area contributed by atoms with Crippen LogP contribution in [-0.4, -0.2) is 11.7 Å². The van der Waals surface area contributed by atoms with Crippen LogP contribution in [0.5, 0.6) is 0 Å². The monoisotopic (exact) mass is 337 g/mol. The van der Waals surface area contributed by atoms with Gasteiger partial charge in [-0.3, -0.25) is 0 Å². The number of aliphatic hydroxyl groups is 1. The Labute approximate surface area is 146 Å². The number of aliphatic hydroxyl groups excluding tert-OH is 1. The van der Waals surface area contributed by atoms with Crippen LogP contribution in [0.15, 0.2) is 18.2 Å². The Hall–Kier alpha value is -0.570. The molecule has 2 nitrogen and oxygen atoms in total. The molecule has 0 saturated heterocycles. The Kier molecular flexibility index (Phi) is 5.21. The largest absolute Gasteiger partial charge is 0.396 e. The first-order valence-electron chi connectivity index (χ1n) is 8.69. The Morgan fingerprint density at radius 2 is 1.87 bits per heavy atom. The highest BCUT2D eigenvalue weighted by Crippen LogP contribution is 2.58. The van der Waals surface area contributed by atoms with Gasteiger partial charge in [0.25, 0.3) is 0 Å². The second kappa shape index (κ2) is 6.38. The molecule has 0 spiro atoms. The van der Waals surface area contributed by atoms with Gasteiger partial charge < -0.3 is 10.8 Å². The third-order valence-corrected chi connectivity index (χ3v) is 6.02. The first kappa shape index (κ1) is 18.8. The maximum absolute atomic E-state index is 9.73. The summed E-state index contributed by atoms with van der Waals surface area (Å²) in [6.07, 6.45) is 1.22. The summed E-state index contributed by atoms with van der Waals surface area (Å²) >= 11 is 6.60. The molecule has 0 radical (unpaired) electrons. The molecule has 1 aromatic rings. The number of hydrogen-bond donors (Lipinski definition) is 2. The minimum absolute atomic E-state index is 0.00710. The highest BCUT2D eigenvalue weighted by molar-refractivity contribution is 6.31. The molecule has 3 N–H and O–H groups in total. The van der Waals surface area contributed by atoms with Crippen LogP contribution in [0.2, 0.25) is 5.02 Å². The van der Waals surface area contributed by atoms with Gasteiger partial charge >= 0.3 is 0 Å². The van der Waals surface area contributed by atoms with E-state index in [2.05, 4.69) is 46.8 Å². The summed E-state index contributed by atoms with van der Waals surface area (Å²) in [5.74, 6) is 1.59. The lowest BCUT2D eigenvalue weighted by Gasteiger charge is -2.36. The minimum Gasteiger partial charge on any atom is -0.396 e. The zero-order chi connectivity index (χ0) is 17.6. The number of halogens is 1. The summed E-state index contributed by atoms with van der Waals surface area (Å²) in [6, 6.07) is 6.26. The smallest absolute Gasteiger partial charge is 0.0482 e. The fraction of sp³-hybridized carbons (Fsp3) is 0.700. The number of benzene rings is 1. The molecule has 23 heavy (non-hydrogen) atoms. The lowest BCUT2D eigenvalue weighted by atomic mass is 9.75. The van der Waals surface area contributed by atoms with E-state index in [-0.39, 0.29) is 12.5 Å². The summed E-state index contributed by atoms with van der Waals surface area (Å²) in [7, 11) is 0. The molecule has 1 fully saturated rings. The normalized spacial score (nSPS) is 25.3. The third-order valence-electron chi connectivity index (χ3n) is 5.70. The standard InChI is InChI=1S/C20H32ClNO/c1-12(2)17(11-23)20(6,22)13-7-8-14(18(21)9-13)15-10-16(15)19(3,4)5/h7-9,12,15-17,23H,10-11,22H2,1-6H3/t15-,16+,17?,20-/m0/s1. The van der Waals surface area contributed by atoms with Crippen LogP contribution < -0.4 is 5.73 Å². The summed E-state index contributed by atoms with van der Waals surface area (Å²) in [5, 5.41) is 10.5. The first-order chi connectivity index (χ1) is 10.5. The minimum atomic E-state index is -0.585. The van der Waals surface area contributed by atoms with E-state index < -0.39 is 5.54 Å². The van der Waals surface area contributed by atoms with Gasteiger partial charge in [-0.15, -0.1) is 0 Å². The molecule has 2 rings (SSSR count). The van der Waals surface area contributed by atoms with Crippen LogP contribution in [0.3, 0.4) is 0 Å². The first-order valence-corrected chi connectivity index (χ1v) is 9.07. The topological polar surface area (TPSA) is 46.2 Å². The molecule has 0 bridgehead atoms. The van der Waals surface area contributed by atoms with Crippen molar-refractivity contribution in [2.45, 2.75) is 59.4 Å². The average Bonchev–Trinajstić information content (AvgIpc) is 3.18. The molecule has 1 aliphatic rings. The van der Waals surface area contributed by atoms with Gasteiger partial charge in [0.15, 0.2) is 0 Å². The van der Waals surface area contributed by atoms with Gasteiger partial charge in [0.1, 0.15) is 0 Å². The Balaban J connectivity index is 2.26. The molecule has 1 aliphatic carbocycles. The fourth-order valence-electron chi connectivity index (χ4n) is 3.97. The van der Waals surface area contributed by atoms with Gasteiger partial charge in [0, 0.05) is 23.1 Å². The van der Waals surface area contributed by atoms with Crippen LogP contribution >= 0.6 is 11.6 Å². The summed E-state index contributed by atoms with van der Waals surface area (Å²) in [6.45, 7) is 13.2. The number of hydrogen-bond acceptors (Lipinski definition) is 2. The van der Waals surface area contributed by atoms with Crippen LogP contribution in [0.4, 0.5) is 0 Å². The predicted molar refractivity (Wildman–Crippen MR) is 98.7 cm³/mol. The van der Waals surface area contributed by atoms with Crippen molar-refractivity contribution in [3.63, 3.8) is 0 Å². The van der Waals surface area contributed by atoms with Crippen molar-refractivity contribution in [2.24, 2.45) is 28.9 Å². The molecule has 1 unspecified atom stereocenters. The molecule has 0 amide bonds. The average molecular weight is 338 g/mol. The van der Waals surface area contributed by atoms with Crippen LogP contribution in [0.1, 0.15) is 65.0 Å². The Morgan fingerprint density at radius 3 is 2.26 bits per heavy atom. The van der Waals surface area contributed by atoms with Gasteiger partial charge in [0.2, 0.25) is 0 Å². The van der Waals surface area contributed by atoms with Crippen molar-refractivity contribution in [1.29, 1.82) is 0 Å². The molecule has 0 aromatic heterocycles. The van der Waals surface area contributed by atoms with Crippen LogP contribution in [0.25, 0.3) is 0 Å². The van der Waals surface area contributed by atoms with Gasteiger partial charge in [-0.25, -0.2) is 0 Å². The highest BCUT2D eigenvalue weighted by atomic mass is 35.5. The quantitative estimate of drug-likeness (QED) is 0.800. The molecule has 1 aromatic carbocycles. The van der Waals surface area contributed by atoms with Gasteiger partial charge in [-0.2, -0.15) is 0 Å². The van der Waals surface area contributed by atoms with Crippen molar-refractivity contribution in [3.05, 3.63) is 34.3 Å². The van der Waals surface area contributed by atoms with E-state index in [1.54, 1.807) is 0 Å². The zero-order valence-corrected chi connectivity index (χ0v) is 16.1. The van der Waals surface area contributed by atoms with Crippen LogP contribution in [0, 0.1) is 23.2 Å². The molecule has 1 saturated carbocycles. The van der Waals surface area contributed by atoms with E-state index in [0.29, 0.717) is 23.2 Å². The number of nitrogens with two attached hydrogens (primary N) is 1. The summed E-state index contributed by atoms with van der Waals surface area (Å²) < 4.78 is 0. The van der Waals surface area contributed by atoms with E-state index >= 15 is 0 Å². The fourth-order valence-corrected chi connectivity index (χ4v) is 4.29. The molecule has 0 aliphatic heterocycles. The van der Waals surface area contributed by atoms with E-state index in [1.165, 1.54) is 12.0 Å². The van der Waals surface area contributed by atoms with E-state index in [9.17, 15) is 5.11 Å². The van der Waals surface area contributed by atoms with Crippen molar-refractivity contribution in [2.75, 3.05) is 6.61 Å². The second-order valence-corrected chi connectivity index (χ2v) is 9.27. The Morgan fingerprint density at radius 1 is 1.26 bits per heavy atom. The molecule has 4 atom stereocenters. The molecular weight excluding hydrogens is 306 g/mol. The predicted octanol–water partition coefficient (Wildman–Crippen LogP) is 4.93.